The molecule has 18 heavy (non-hydrogen) atoms. The molecule has 1 aromatic carbocycles. The van der Waals surface area contributed by atoms with Gasteiger partial charge in [0.2, 0.25) is 0 Å². The molecular weight excluding hydrogens is 230 g/mol. The predicted octanol–water partition coefficient (Wildman–Crippen LogP) is 1.29. The van der Waals surface area contributed by atoms with Crippen LogP contribution in [-0.4, -0.2) is 19.1 Å². The summed E-state index contributed by atoms with van der Waals surface area (Å²) >= 11 is 0. The molecule has 5 heteroatoms. The number of nitrogen functional groups attached to an aromatic ring is 1. The summed E-state index contributed by atoms with van der Waals surface area (Å²) in [4.78, 5) is 11.4. The van der Waals surface area contributed by atoms with Crippen LogP contribution in [0.25, 0.3) is 0 Å². The first-order valence-electron chi connectivity index (χ1n) is 5.68. The van der Waals surface area contributed by atoms with Crippen molar-refractivity contribution in [2.75, 3.05) is 18.9 Å². The SMILES string of the molecule is Cc1ccc(N)c(C)c1OCC(=O)NCCC#N. The first kappa shape index (κ1) is 13.8. The van der Waals surface area contributed by atoms with Gasteiger partial charge in [-0.1, -0.05) is 6.07 Å². The third-order valence-electron chi connectivity index (χ3n) is 2.55. The topological polar surface area (TPSA) is 88.1 Å². The third-order valence-corrected chi connectivity index (χ3v) is 2.55. The molecule has 1 amide bonds. The van der Waals surface area contributed by atoms with E-state index in [1.165, 1.54) is 0 Å². The molecule has 0 bridgehead atoms. The van der Waals surface area contributed by atoms with Gasteiger partial charge in [0.1, 0.15) is 5.75 Å². The number of ether oxygens (including phenoxy) is 1. The van der Waals surface area contributed by atoms with Crippen molar-refractivity contribution in [2.45, 2.75) is 20.3 Å². The number of aryl methyl sites for hydroxylation is 1. The number of amides is 1. The smallest absolute Gasteiger partial charge is 0.257 e. The van der Waals surface area contributed by atoms with Crippen molar-refractivity contribution in [1.29, 1.82) is 5.26 Å². The standard InChI is InChI=1S/C13H17N3O2/c1-9-4-5-11(15)10(2)13(9)18-8-12(17)16-7-3-6-14/h4-5H,3,7-8,15H2,1-2H3,(H,16,17). The average Bonchev–Trinajstić information content (AvgIpc) is 2.34. The summed E-state index contributed by atoms with van der Waals surface area (Å²) in [7, 11) is 0. The highest BCUT2D eigenvalue weighted by molar-refractivity contribution is 5.77. The van der Waals surface area contributed by atoms with Crippen molar-refractivity contribution >= 4 is 11.6 Å². The highest BCUT2D eigenvalue weighted by Crippen LogP contribution is 2.27. The monoisotopic (exact) mass is 247 g/mol. The van der Waals surface area contributed by atoms with Crippen LogP contribution in [0.5, 0.6) is 5.75 Å². The van der Waals surface area contributed by atoms with Crippen molar-refractivity contribution in [2.24, 2.45) is 0 Å². The van der Waals surface area contributed by atoms with Crippen molar-refractivity contribution in [3.8, 4) is 11.8 Å². The quantitative estimate of drug-likeness (QED) is 0.606. The zero-order chi connectivity index (χ0) is 13.5. The van der Waals surface area contributed by atoms with Gasteiger partial charge in [-0.05, 0) is 25.5 Å². The maximum atomic E-state index is 11.4. The number of nitrogens with two attached hydrogens (primary N) is 1. The molecule has 1 aromatic rings. The van der Waals surface area contributed by atoms with Gasteiger partial charge in [0.25, 0.3) is 5.91 Å². The summed E-state index contributed by atoms with van der Waals surface area (Å²) in [6, 6.07) is 5.61. The number of anilines is 1. The zero-order valence-electron chi connectivity index (χ0n) is 10.6. The summed E-state index contributed by atoms with van der Waals surface area (Å²) in [6.45, 7) is 4.02. The summed E-state index contributed by atoms with van der Waals surface area (Å²) in [5.74, 6) is 0.400. The lowest BCUT2D eigenvalue weighted by Crippen LogP contribution is -2.29. The van der Waals surface area contributed by atoms with Crippen molar-refractivity contribution in [3.63, 3.8) is 0 Å². The molecule has 1 rings (SSSR count). The zero-order valence-corrected chi connectivity index (χ0v) is 10.6. The van der Waals surface area contributed by atoms with Crippen LogP contribution in [0.4, 0.5) is 5.69 Å². The number of nitrogens with zero attached hydrogens (tertiary/aromatic N) is 1. The second-order valence-electron chi connectivity index (χ2n) is 3.97. The number of hydrogen-bond donors (Lipinski definition) is 2. The minimum Gasteiger partial charge on any atom is -0.483 e. The van der Waals surface area contributed by atoms with E-state index in [1.807, 2.05) is 32.0 Å². The van der Waals surface area contributed by atoms with Crippen LogP contribution in [0.1, 0.15) is 17.5 Å². The maximum Gasteiger partial charge on any atom is 0.257 e. The summed E-state index contributed by atoms with van der Waals surface area (Å²) in [5.41, 5.74) is 8.19. The van der Waals surface area contributed by atoms with Gasteiger partial charge in [0.05, 0.1) is 12.5 Å². The van der Waals surface area contributed by atoms with Gasteiger partial charge >= 0.3 is 0 Å². The average molecular weight is 247 g/mol. The van der Waals surface area contributed by atoms with E-state index in [9.17, 15) is 4.79 Å². The van der Waals surface area contributed by atoms with Gasteiger partial charge < -0.3 is 15.8 Å². The van der Waals surface area contributed by atoms with E-state index in [-0.39, 0.29) is 12.5 Å². The van der Waals surface area contributed by atoms with Crippen LogP contribution in [0.2, 0.25) is 0 Å². The molecule has 3 N–H and O–H groups in total. The number of nitriles is 1. The van der Waals surface area contributed by atoms with E-state index < -0.39 is 0 Å². The van der Waals surface area contributed by atoms with E-state index >= 15 is 0 Å². The second-order valence-corrected chi connectivity index (χ2v) is 3.97. The Morgan fingerprint density at radius 2 is 2.22 bits per heavy atom. The largest absolute Gasteiger partial charge is 0.483 e. The number of rotatable bonds is 5. The van der Waals surface area contributed by atoms with Gasteiger partial charge in [0.15, 0.2) is 6.61 Å². The van der Waals surface area contributed by atoms with Crippen LogP contribution in [-0.2, 0) is 4.79 Å². The third kappa shape index (κ3) is 3.67. The fourth-order valence-corrected chi connectivity index (χ4v) is 1.51. The van der Waals surface area contributed by atoms with Gasteiger partial charge in [-0.2, -0.15) is 5.26 Å². The normalized spacial score (nSPS) is 9.61. The minimum absolute atomic E-state index is 0.0729. The number of carbonyl (C=O) groups excluding carboxylic acids is 1. The molecule has 5 nitrogen and oxygen atoms in total. The number of hydrogen-bond acceptors (Lipinski definition) is 4. The van der Waals surface area contributed by atoms with Gasteiger partial charge in [-0.15, -0.1) is 0 Å². The number of nitrogens with one attached hydrogen (secondary N) is 1. The molecule has 0 aliphatic carbocycles. The highest BCUT2D eigenvalue weighted by Gasteiger charge is 2.09. The lowest BCUT2D eigenvalue weighted by atomic mass is 10.1. The van der Waals surface area contributed by atoms with Crippen molar-refractivity contribution < 1.29 is 9.53 Å². The molecule has 0 radical (unpaired) electrons. The minimum atomic E-state index is -0.244. The van der Waals surface area contributed by atoms with E-state index in [0.29, 0.717) is 24.4 Å². The van der Waals surface area contributed by atoms with Crippen LogP contribution >= 0.6 is 0 Å². The molecule has 0 fully saturated rings. The van der Waals surface area contributed by atoms with Gasteiger partial charge in [-0.3, -0.25) is 4.79 Å². The molecule has 0 aliphatic heterocycles. The Morgan fingerprint density at radius 1 is 1.50 bits per heavy atom. The lowest BCUT2D eigenvalue weighted by Gasteiger charge is -2.13. The summed E-state index contributed by atoms with van der Waals surface area (Å²) in [5, 5.41) is 10.9. The van der Waals surface area contributed by atoms with Gasteiger partial charge in [-0.25, -0.2) is 0 Å². The molecule has 0 heterocycles. The summed E-state index contributed by atoms with van der Waals surface area (Å²) in [6.07, 6.45) is 0.294. The van der Waals surface area contributed by atoms with Crippen LogP contribution in [0.3, 0.4) is 0 Å². The Kier molecular flexibility index (Phi) is 5.00. The van der Waals surface area contributed by atoms with Crippen LogP contribution in [0.15, 0.2) is 12.1 Å². The van der Waals surface area contributed by atoms with E-state index in [1.54, 1.807) is 0 Å². The first-order chi connectivity index (χ1) is 8.56. The van der Waals surface area contributed by atoms with Crippen LogP contribution in [0, 0.1) is 25.2 Å². The Balaban J connectivity index is 2.56. The van der Waals surface area contributed by atoms with E-state index in [0.717, 1.165) is 11.1 Å². The molecule has 0 atom stereocenters. The van der Waals surface area contributed by atoms with Gasteiger partial charge in [0, 0.05) is 17.8 Å². The Hall–Kier alpha value is -2.22. The highest BCUT2D eigenvalue weighted by atomic mass is 16.5. The fraction of sp³-hybridized carbons (Fsp3) is 0.385. The van der Waals surface area contributed by atoms with Crippen molar-refractivity contribution in [1.82, 2.24) is 5.32 Å². The Morgan fingerprint density at radius 3 is 2.89 bits per heavy atom. The molecule has 96 valence electrons. The summed E-state index contributed by atoms with van der Waals surface area (Å²) < 4.78 is 5.47. The van der Waals surface area contributed by atoms with E-state index in [4.69, 9.17) is 15.7 Å². The molecule has 0 aromatic heterocycles. The van der Waals surface area contributed by atoms with Crippen molar-refractivity contribution in [3.05, 3.63) is 23.3 Å². The molecule has 0 aliphatic rings. The molecule has 0 unspecified atom stereocenters. The predicted molar refractivity (Wildman–Crippen MR) is 69.1 cm³/mol. The second kappa shape index (κ2) is 6.50. The molecular formula is C13H17N3O2. The Labute approximate surface area is 107 Å². The number of benzene rings is 1. The molecule has 0 saturated carbocycles. The van der Waals surface area contributed by atoms with E-state index in [2.05, 4.69) is 5.32 Å². The first-order valence-corrected chi connectivity index (χ1v) is 5.68. The fourth-order valence-electron chi connectivity index (χ4n) is 1.51. The molecule has 0 spiro atoms. The van der Waals surface area contributed by atoms with Crippen LogP contribution < -0.4 is 15.8 Å². The maximum absolute atomic E-state index is 11.4. The Bertz CT molecular complexity index is 478. The molecule has 0 saturated heterocycles. The number of carbonyl (C=O) groups is 1. The lowest BCUT2D eigenvalue weighted by molar-refractivity contribution is -0.123.